The second kappa shape index (κ2) is 11.8. The summed E-state index contributed by atoms with van der Waals surface area (Å²) in [5, 5.41) is 0.762. The van der Waals surface area contributed by atoms with E-state index in [0.29, 0.717) is 18.4 Å². The van der Waals surface area contributed by atoms with E-state index in [1.165, 1.54) is 11.0 Å². The van der Waals surface area contributed by atoms with Crippen molar-refractivity contribution in [3.8, 4) is 5.75 Å². The third-order valence-corrected chi connectivity index (χ3v) is 6.83. The number of likely N-dealkylation sites (tertiary alicyclic amines) is 1. The zero-order valence-electron chi connectivity index (χ0n) is 19.2. The molecule has 194 valence electrons. The largest absolute Gasteiger partial charge is 0.483 e. The lowest BCUT2D eigenvalue weighted by molar-refractivity contribution is -0.175. The number of hydrogen-bond donors (Lipinski definition) is 1. The summed E-state index contributed by atoms with van der Waals surface area (Å²) in [7, 11) is -3.59. The Balaban J connectivity index is 1.61. The minimum atomic E-state index is -4.08. The third-order valence-electron chi connectivity index (χ3n) is 5.50. The van der Waals surface area contributed by atoms with Crippen LogP contribution >= 0.6 is 11.6 Å². The number of sulfonamides is 1. The fourth-order valence-electron chi connectivity index (χ4n) is 3.56. The number of esters is 1. The van der Waals surface area contributed by atoms with Crippen molar-refractivity contribution < 1.29 is 36.3 Å². The molecule has 0 saturated carbocycles. The van der Waals surface area contributed by atoms with Crippen molar-refractivity contribution in [2.75, 3.05) is 19.7 Å². The molecule has 36 heavy (non-hydrogen) atoms. The Bertz CT molecular complexity index is 1200. The molecular formula is C24H25ClF2N2O6S. The van der Waals surface area contributed by atoms with Crippen LogP contribution < -0.4 is 9.46 Å². The van der Waals surface area contributed by atoms with Gasteiger partial charge in [-0.1, -0.05) is 48.5 Å². The van der Waals surface area contributed by atoms with E-state index in [1.54, 1.807) is 30.3 Å². The van der Waals surface area contributed by atoms with Crippen molar-refractivity contribution in [1.29, 1.82) is 0 Å². The van der Waals surface area contributed by atoms with E-state index in [-0.39, 0.29) is 36.5 Å². The van der Waals surface area contributed by atoms with Crippen molar-refractivity contribution in [2.45, 2.75) is 31.4 Å². The zero-order valence-corrected chi connectivity index (χ0v) is 20.7. The number of nitrogens with zero attached hydrogens (tertiary/aromatic N) is 1. The van der Waals surface area contributed by atoms with Crippen molar-refractivity contribution in [1.82, 2.24) is 9.62 Å². The maximum Gasteiger partial charge on any atom is 0.382 e. The molecular weight excluding hydrogens is 518 g/mol. The highest BCUT2D eigenvalue weighted by Gasteiger charge is 2.45. The average molecular weight is 543 g/mol. The van der Waals surface area contributed by atoms with E-state index in [4.69, 9.17) is 21.1 Å². The van der Waals surface area contributed by atoms with Crippen LogP contribution in [0.4, 0.5) is 8.78 Å². The second-order valence-electron chi connectivity index (χ2n) is 8.05. The molecule has 8 nitrogen and oxygen atoms in total. The number of hydrogen-bond acceptors (Lipinski definition) is 6. The summed E-state index contributed by atoms with van der Waals surface area (Å²) >= 11 is 5.88. The third kappa shape index (κ3) is 7.25. The van der Waals surface area contributed by atoms with Gasteiger partial charge >= 0.3 is 11.9 Å². The number of piperidine rings is 1. The molecule has 1 N–H and O–H groups in total. The van der Waals surface area contributed by atoms with Crippen LogP contribution in [-0.2, 0) is 36.9 Å². The molecule has 3 rings (SSSR count). The Morgan fingerprint density at radius 2 is 1.83 bits per heavy atom. The minimum absolute atomic E-state index is 0.0525. The molecule has 1 amide bonds. The molecule has 0 bridgehead atoms. The Morgan fingerprint density at radius 3 is 2.47 bits per heavy atom. The highest BCUT2D eigenvalue weighted by atomic mass is 35.5. The van der Waals surface area contributed by atoms with Crippen LogP contribution in [0.15, 0.2) is 60.5 Å². The maximum absolute atomic E-state index is 15.0. The first-order valence-corrected chi connectivity index (χ1v) is 12.9. The SMILES string of the molecule is C=CS(=O)(=O)NC1CCN(C(=O)COc2ccc(Cl)cc2C(F)(F)C(=O)OCc2ccccc2)CC1. The van der Waals surface area contributed by atoms with E-state index >= 15 is 8.78 Å². The average Bonchev–Trinajstić information content (AvgIpc) is 2.87. The summed E-state index contributed by atoms with van der Waals surface area (Å²) in [6.45, 7) is 2.83. The number of benzene rings is 2. The molecule has 1 fully saturated rings. The summed E-state index contributed by atoms with van der Waals surface area (Å²) in [4.78, 5) is 26.3. The minimum Gasteiger partial charge on any atom is -0.483 e. The molecule has 0 aliphatic carbocycles. The number of ether oxygens (including phenoxy) is 2. The lowest BCUT2D eigenvalue weighted by Crippen LogP contribution is -2.47. The molecule has 0 atom stereocenters. The number of amides is 1. The first-order chi connectivity index (χ1) is 17.0. The second-order valence-corrected chi connectivity index (χ2v) is 10.1. The van der Waals surface area contributed by atoms with E-state index in [9.17, 15) is 18.0 Å². The number of rotatable bonds is 10. The number of nitrogens with one attached hydrogen (secondary N) is 1. The number of carbonyl (C=O) groups is 2. The summed E-state index contributed by atoms with van der Waals surface area (Å²) in [6.07, 6.45) is 0.743. The fourth-order valence-corrected chi connectivity index (χ4v) is 4.52. The highest BCUT2D eigenvalue weighted by molar-refractivity contribution is 7.92. The molecule has 12 heteroatoms. The summed E-state index contributed by atoms with van der Waals surface area (Å²) in [5.41, 5.74) is -0.283. The number of alkyl halides is 2. The van der Waals surface area contributed by atoms with Gasteiger partial charge in [0.05, 0.1) is 5.56 Å². The number of halogens is 3. The van der Waals surface area contributed by atoms with Crippen LogP contribution in [0, 0.1) is 0 Å². The first kappa shape index (κ1) is 27.6. The first-order valence-electron chi connectivity index (χ1n) is 11.0. The zero-order chi connectivity index (χ0) is 26.3. The summed E-state index contributed by atoms with van der Waals surface area (Å²) in [6, 6.07) is 11.4. The van der Waals surface area contributed by atoms with Gasteiger partial charge in [-0.3, -0.25) is 4.79 Å². The van der Waals surface area contributed by atoms with Gasteiger partial charge in [0.1, 0.15) is 12.4 Å². The van der Waals surface area contributed by atoms with Crippen molar-refractivity contribution in [2.24, 2.45) is 0 Å². The van der Waals surface area contributed by atoms with Gasteiger partial charge in [0, 0.05) is 29.6 Å². The topological polar surface area (TPSA) is 102 Å². The normalized spacial score (nSPS) is 14.8. The van der Waals surface area contributed by atoms with Gasteiger partial charge < -0.3 is 14.4 Å². The molecule has 1 saturated heterocycles. The van der Waals surface area contributed by atoms with Crippen LogP contribution in [0.5, 0.6) is 5.75 Å². The van der Waals surface area contributed by atoms with E-state index < -0.39 is 40.0 Å². The molecule has 2 aromatic rings. The monoisotopic (exact) mass is 542 g/mol. The van der Waals surface area contributed by atoms with Crippen molar-refractivity contribution in [3.63, 3.8) is 0 Å². The Hall–Kier alpha value is -3.02. The summed E-state index contributed by atoms with van der Waals surface area (Å²) < 4.78 is 65.9. The Kier molecular flexibility index (Phi) is 9.04. The molecule has 0 unspecified atom stereocenters. The lowest BCUT2D eigenvalue weighted by atomic mass is 10.1. The van der Waals surface area contributed by atoms with Crippen molar-refractivity contribution in [3.05, 3.63) is 76.7 Å². The van der Waals surface area contributed by atoms with Gasteiger partial charge in [-0.25, -0.2) is 17.9 Å². The number of carbonyl (C=O) groups excluding carboxylic acids is 2. The van der Waals surface area contributed by atoms with Gasteiger partial charge in [-0.15, -0.1) is 0 Å². The quantitative estimate of drug-likeness (QED) is 0.460. The van der Waals surface area contributed by atoms with Gasteiger partial charge in [-0.05, 0) is 36.6 Å². The standard InChI is InChI=1S/C24H25ClF2N2O6S/c1-2-36(32,33)28-19-10-12-29(13-11-19)22(30)16-34-21-9-8-18(25)14-20(21)24(26,27)23(31)35-15-17-6-4-3-5-7-17/h2-9,14,19,28H,1,10-13,15-16H2. The molecule has 1 heterocycles. The van der Waals surface area contributed by atoms with Gasteiger partial charge in [0.2, 0.25) is 10.0 Å². The van der Waals surface area contributed by atoms with Gasteiger partial charge in [0.15, 0.2) is 6.61 Å². The molecule has 1 aliphatic heterocycles. The Morgan fingerprint density at radius 1 is 1.17 bits per heavy atom. The molecule has 0 spiro atoms. The van der Waals surface area contributed by atoms with Gasteiger partial charge in [-0.2, -0.15) is 8.78 Å². The highest BCUT2D eigenvalue weighted by Crippen LogP contribution is 2.38. The molecule has 2 aromatic carbocycles. The predicted octanol–water partition coefficient (Wildman–Crippen LogP) is 3.61. The van der Waals surface area contributed by atoms with Crippen LogP contribution in [0.25, 0.3) is 0 Å². The van der Waals surface area contributed by atoms with E-state index in [1.807, 2.05) is 0 Å². The van der Waals surface area contributed by atoms with E-state index in [2.05, 4.69) is 11.3 Å². The molecule has 1 aliphatic rings. The fraction of sp³-hybridized carbons (Fsp3) is 0.333. The Labute approximate surface area is 212 Å². The summed E-state index contributed by atoms with van der Waals surface area (Å²) in [5.74, 6) is -6.73. The molecule has 0 aromatic heterocycles. The maximum atomic E-state index is 15.0. The molecule has 0 radical (unpaired) electrons. The van der Waals surface area contributed by atoms with E-state index in [0.717, 1.165) is 17.5 Å². The van der Waals surface area contributed by atoms with Crippen molar-refractivity contribution >= 4 is 33.5 Å². The van der Waals surface area contributed by atoms with Crippen LogP contribution in [0.3, 0.4) is 0 Å². The van der Waals surface area contributed by atoms with Crippen LogP contribution in [0.1, 0.15) is 24.0 Å². The predicted molar refractivity (Wildman–Crippen MR) is 129 cm³/mol. The lowest BCUT2D eigenvalue weighted by Gasteiger charge is -2.32. The van der Waals surface area contributed by atoms with Gasteiger partial charge in [0.25, 0.3) is 5.91 Å². The smallest absolute Gasteiger partial charge is 0.382 e. The van der Waals surface area contributed by atoms with Crippen LogP contribution in [-0.4, -0.2) is 50.9 Å². The van der Waals surface area contributed by atoms with Crippen LogP contribution in [0.2, 0.25) is 5.02 Å².